The molecule has 2 aromatic heterocycles. The van der Waals surface area contributed by atoms with Gasteiger partial charge in [-0.05, 0) is 49.4 Å². The lowest BCUT2D eigenvalue weighted by molar-refractivity contribution is -0.117. The van der Waals surface area contributed by atoms with Gasteiger partial charge in [0, 0.05) is 23.9 Å². The smallest absolute Gasteiger partial charge is 0.224 e. The first-order valence-corrected chi connectivity index (χ1v) is 10.1. The zero-order valence-electron chi connectivity index (χ0n) is 15.0. The van der Waals surface area contributed by atoms with Gasteiger partial charge >= 0.3 is 0 Å². The number of rotatable bonds is 4. The molecule has 0 aliphatic heterocycles. The lowest BCUT2D eigenvalue weighted by Gasteiger charge is -2.21. The van der Waals surface area contributed by atoms with Crippen molar-refractivity contribution in [1.29, 1.82) is 0 Å². The average molecular weight is 366 g/mol. The average Bonchev–Trinajstić information content (AvgIpc) is 3.08. The maximum atomic E-state index is 12.5. The first-order chi connectivity index (χ1) is 12.7. The zero-order valence-corrected chi connectivity index (χ0v) is 15.8. The van der Waals surface area contributed by atoms with Gasteiger partial charge in [-0.2, -0.15) is 0 Å². The van der Waals surface area contributed by atoms with Gasteiger partial charge in [-0.1, -0.05) is 42.7 Å². The topological polar surface area (TPSA) is 54.9 Å². The fourth-order valence-corrected chi connectivity index (χ4v) is 4.73. The highest BCUT2D eigenvalue weighted by atomic mass is 32.1. The Kier molecular flexibility index (Phi) is 4.98. The number of pyridine rings is 1. The molecule has 0 atom stereocenters. The van der Waals surface area contributed by atoms with Crippen molar-refractivity contribution in [3.63, 3.8) is 0 Å². The molecule has 4 rings (SSSR count). The van der Waals surface area contributed by atoms with Gasteiger partial charge in [0.1, 0.15) is 15.4 Å². The van der Waals surface area contributed by atoms with Gasteiger partial charge in [-0.3, -0.25) is 4.79 Å². The molecule has 1 N–H and O–H groups in total. The molecular formula is C21H23N3OS. The zero-order chi connectivity index (χ0) is 17.9. The molecule has 26 heavy (non-hydrogen) atoms. The highest BCUT2D eigenvalue weighted by molar-refractivity contribution is 7.21. The second kappa shape index (κ2) is 7.54. The molecular weight excluding hydrogens is 342 g/mol. The van der Waals surface area contributed by atoms with Crippen LogP contribution in [-0.4, -0.2) is 15.9 Å². The Morgan fingerprint density at radius 3 is 2.85 bits per heavy atom. The molecule has 1 saturated carbocycles. The van der Waals surface area contributed by atoms with Crippen molar-refractivity contribution in [1.82, 2.24) is 9.97 Å². The number of hydrogen-bond donors (Lipinski definition) is 1. The number of fused-ring (bicyclic) bond motifs is 1. The molecule has 134 valence electrons. The first-order valence-electron chi connectivity index (χ1n) is 9.32. The van der Waals surface area contributed by atoms with Crippen LogP contribution in [0.2, 0.25) is 0 Å². The summed E-state index contributed by atoms with van der Waals surface area (Å²) in [7, 11) is 0. The molecule has 0 unspecified atom stereocenters. The van der Waals surface area contributed by atoms with E-state index in [2.05, 4.69) is 16.4 Å². The molecule has 1 amide bonds. The van der Waals surface area contributed by atoms with Crippen LogP contribution in [0.5, 0.6) is 0 Å². The predicted octanol–water partition coefficient (Wildman–Crippen LogP) is 5.58. The first kappa shape index (κ1) is 17.2. The van der Waals surface area contributed by atoms with Crippen LogP contribution in [0, 0.1) is 12.8 Å². The van der Waals surface area contributed by atoms with Crippen molar-refractivity contribution >= 4 is 33.3 Å². The molecule has 5 heteroatoms. The molecule has 0 radical (unpaired) electrons. The number of nitrogens with zero attached hydrogens (tertiary/aromatic N) is 2. The van der Waals surface area contributed by atoms with Crippen molar-refractivity contribution in [2.45, 2.75) is 45.4 Å². The van der Waals surface area contributed by atoms with Crippen LogP contribution in [0.25, 0.3) is 20.9 Å². The van der Waals surface area contributed by atoms with Crippen molar-refractivity contribution < 1.29 is 4.79 Å². The van der Waals surface area contributed by atoms with E-state index in [9.17, 15) is 4.79 Å². The Balaban J connectivity index is 1.54. The fourth-order valence-electron chi connectivity index (χ4n) is 3.74. The van der Waals surface area contributed by atoms with E-state index in [0.29, 0.717) is 12.3 Å². The third-order valence-electron chi connectivity index (χ3n) is 5.20. The van der Waals surface area contributed by atoms with E-state index < -0.39 is 0 Å². The predicted molar refractivity (Wildman–Crippen MR) is 107 cm³/mol. The van der Waals surface area contributed by atoms with E-state index in [1.807, 2.05) is 31.2 Å². The molecule has 1 fully saturated rings. The van der Waals surface area contributed by atoms with Crippen molar-refractivity contribution in [2.75, 3.05) is 5.32 Å². The van der Waals surface area contributed by atoms with Crippen LogP contribution in [0.3, 0.4) is 0 Å². The molecule has 3 aromatic rings. The van der Waals surface area contributed by atoms with Crippen molar-refractivity contribution in [2.24, 2.45) is 5.92 Å². The molecule has 2 heterocycles. The van der Waals surface area contributed by atoms with Crippen LogP contribution in [0.1, 0.15) is 44.1 Å². The minimum atomic E-state index is 0.128. The summed E-state index contributed by atoms with van der Waals surface area (Å²) in [5, 5.41) is 4.07. The van der Waals surface area contributed by atoms with Crippen LogP contribution in [0.15, 0.2) is 36.5 Å². The number of nitrogens with one attached hydrogen (secondary N) is 1. The van der Waals surface area contributed by atoms with E-state index >= 15 is 0 Å². The Morgan fingerprint density at radius 2 is 2.04 bits per heavy atom. The number of carbonyl (C=O) groups excluding carboxylic acids is 1. The Labute approximate surface area is 157 Å². The maximum Gasteiger partial charge on any atom is 0.224 e. The van der Waals surface area contributed by atoms with Crippen LogP contribution >= 0.6 is 11.3 Å². The second-order valence-electron chi connectivity index (χ2n) is 7.08. The summed E-state index contributed by atoms with van der Waals surface area (Å²) in [5.41, 5.74) is 3.92. The number of amides is 1. The van der Waals surface area contributed by atoms with Gasteiger partial charge in [-0.15, -0.1) is 0 Å². The normalized spacial score (nSPS) is 15.3. The summed E-state index contributed by atoms with van der Waals surface area (Å²) >= 11 is 1.59. The number of hydrogen-bond acceptors (Lipinski definition) is 4. The molecule has 1 aliphatic rings. The monoisotopic (exact) mass is 365 g/mol. The lowest BCUT2D eigenvalue weighted by Crippen LogP contribution is -2.18. The number of benzene rings is 1. The standard InChI is InChI=1S/C21H23N3OS/c1-14-16(20-24-18-11-6-12-22-21(18)26-20)9-5-10-17(14)23-19(25)13-15-7-3-2-4-8-15/h5-6,9-12,15H,2-4,7-8,13H2,1H3,(H,23,25). The van der Waals surface area contributed by atoms with Crippen LogP contribution in [-0.2, 0) is 4.79 Å². The van der Waals surface area contributed by atoms with Crippen LogP contribution < -0.4 is 5.32 Å². The van der Waals surface area contributed by atoms with E-state index in [-0.39, 0.29) is 5.91 Å². The van der Waals surface area contributed by atoms with Gasteiger partial charge < -0.3 is 5.32 Å². The third-order valence-corrected chi connectivity index (χ3v) is 6.22. The summed E-state index contributed by atoms with van der Waals surface area (Å²) in [6, 6.07) is 9.90. The van der Waals surface area contributed by atoms with Gasteiger partial charge in [0.25, 0.3) is 0 Å². The third kappa shape index (κ3) is 3.63. The van der Waals surface area contributed by atoms with E-state index in [1.54, 1.807) is 17.5 Å². The Morgan fingerprint density at radius 1 is 1.19 bits per heavy atom. The van der Waals surface area contributed by atoms with Gasteiger partial charge in [0.2, 0.25) is 5.91 Å². The van der Waals surface area contributed by atoms with E-state index in [4.69, 9.17) is 4.98 Å². The van der Waals surface area contributed by atoms with Gasteiger partial charge in [0.15, 0.2) is 0 Å². The summed E-state index contributed by atoms with van der Waals surface area (Å²) in [4.78, 5) is 22.5. The molecule has 0 bridgehead atoms. The number of anilines is 1. The minimum Gasteiger partial charge on any atom is -0.326 e. The molecule has 1 aliphatic carbocycles. The van der Waals surface area contributed by atoms with Gasteiger partial charge in [-0.25, -0.2) is 9.97 Å². The van der Waals surface area contributed by atoms with Gasteiger partial charge in [0.05, 0.1) is 0 Å². The lowest BCUT2D eigenvalue weighted by atomic mass is 9.87. The SMILES string of the molecule is Cc1c(NC(=O)CC2CCCCC2)cccc1-c1nc2cccnc2s1. The molecule has 0 spiro atoms. The fraction of sp³-hybridized carbons (Fsp3) is 0.381. The van der Waals surface area contributed by atoms with Crippen molar-refractivity contribution in [3.8, 4) is 10.6 Å². The summed E-state index contributed by atoms with van der Waals surface area (Å²) in [6.45, 7) is 2.05. The maximum absolute atomic E-state index is 12.5. The highest BCUT2D eigenvalue weighted by Crippen LogP contribution is 2.34. The van der Waals surface area contributed by atoms with Crippen LogP contribution in [0.4, 0.5) is 5.69 Å². The Bertz CT molecular complexity index is 895. The molecule has 1 aromatic carbocycles. The molecule has 0 saturated heterocycles. The largest absolute Gasteiger partial charge is 0.326 e. The number of carbonyl (C=O) groups is 1. The Hall–Kier alpha value is -2.27. The van der Waals surface area contributed by atoms with Crippen molar-refractivity contribution in [3.05, 3.63) is 42.1 Å². The second-order valence-corrected chi connectivity index (χ2v) is 8.06. The van der Waals surface area contributed by atoms with E-state index in [1.165, 1.54) is 32.1 Å². The number of aromatic nitrogens is 2. The summed E-state index contributed by atoms with van der Waals surface area (Å²) < 4.78 is 0. The van der Waals surface area contributed by atoms with E-state index in [0.717, 1.165) is 32.2 Å². The highest BCUT2D eigenvalue weighted by Gasteiger charge is 2.18. The minimum absolute atomic E-state index is 0.128. The summed E-state index contributed by atoms with van der Waals surface area (Å²) in [5.74, 6) is 0.672. The molecule has 4 nitrogen and oxygen atoms in total. The summed E-state index contributed by atoms with van der Waals surface area (Å²) in [6.07, 6.45) is 8.64. The quantitative estimate of drug-likeness (QED) is 0.657. The number of thiazole rings is 1.